The molecule has 2 aromatic rings. The van der Waals surface area contributed by atoms with Gasteiger partial charge in [-0.1, -0.05) is 45.9 Å². The highest BCUT2D eigenvalue weighted by Gasteiger charge is 2.68. The first kappa shape index (κ1) is 24.7. The molecule has 2 fully saturated rings. The fourth-order valence-corrected chi connectivity index (χ4v) is 9.48. The van der Waals surface area contributed by atoms with Gasteiger partial charge in [0, 0.05) is 35.0 Å². The summed E-state index contributed by atoms with van der Waals surface area (Å²) in [7, 11) is -3.66. The van der Waals surface area contributed by atoms with Crippen molar-refractivity contribution in [3.05, 3.63) is 53.1 Å². The van der Waals surface area contributed by atoms with Crippen molar-refractivity contribution in [2.24, 2.45) is 22.7 Å². The van der Waals surface area contributed by atoms with Crippen molar-refractivity contribution in [1.29, 1.82) is 0 Å². The van der Waals surface area contributed by atoms with Crippen LogP contribution in [-0.4, -0.2) is 31.1 Å². The molecular formula is C29H36N2O5S. The number of ether oxygens (including phenoxy) is 1. The van der Waals surface area contributed by atoms with Gasteiger partial charge in [-0.05, 0) is 61.6 Å². The van der Waals surface area contributed by atoms with Crippen molar-refractivity contribution in [2.45, 2.75) is 82.9 Å². The third kappa shape index (κ3) is 3.34. The molecule has 2 aliphatic heterocycles. The number of benzene rings is 2. The summed E-state index contributed by atoms with van der Waals surface area (Å²) in [5.74, 6) is 1.05. The monoisotopic (exact) mass is 524 g/mol. The first-order valence-electron chi connectivity index (χ1n) is 13.3. The van der Waals surface area contributed by atoms with Gasteiger partial charge in [0.2, 0.25) is 10.0 Å². The zero-order chi connectivity index (χ0) is 26.4. The number of phenolic OH excluding ortho intramolecular Hbond substituents is 1. The normalized spacial score (nSPS) is 33.8. The fourth-order valence-electron chi connectivity index (χ4n) is 8.04. The number of nitrogens with one attached hydrogen (secondary N) is 2. The minimum atomic E-state index is -3.66. The molecule has 0 bridgehead atoms. The van der Waals surface area contributed by atoms with E-state index in [1.165, 1.54) is 0 Å². The summed E-state index contributed by atoms with van der Waals surface area (Å²) >= 11 is 0. The van der Waals surface area contributed by atoms with E-state index in [9.17, 15) is 18.3 Å². The standard InChI is InChI=1S/C29H36N2O5S/c1-17-10-11-23-27(2,3)24(31-37(34,35)18-8-6-5-7-9-18)12-13-29(23)28(17,4)15-20-22(32)14-19-21(25(20)36-29)16-30-26(19)33/h5-9,14,17,23-24,31-32H,10-13,15-16H2,1-4H3,(H,30,33)/t17-,23-,24-,28+,29-/m0/s1. The summed E-state index contributed by atoms with van der Waals surface area (Å²) in [6.45, 7) is 9.30. The van der Waals surface area contributed by atoms with Gasteiger partial charge >= 0.3 is 0 Å². The largest absolute Gasteiger partial charge is 0.508 e. The Hall–Kier alpha value is -2.58. The third-order valence-electron chi connectivity index (χ3n) is 10.4. The lowest BCUT2D eigenvalue weighted by molar-refractivity contribution is -0.215. The number of hydrogen-bond acceptors (Lipinski definition) is 5. The van der Waals surface area contributed by atoms with Gasteiger partial charge in [-0.25, -0.2) is 13.1 Å². The van der Waals surface area contributed by atoms with E-state index in [1.54, 1.807) is 30.3 Å². The van der Waals surface area contributed by atoms with E-state index in [0.29, 0.717) is 43.0 Å². The number of sulfonamides is 1. The highest BCUT2D eigenvalue weighted by Crippen LogP contribution is 2.67. The van der Waals surface area contributed by atoms with Crippen molar-refractivity contribution < 1.29 is 23.1 Å². The molecule has 0 aromatic heterocycles. The number of amides is 1. The Kier molecular flexibility index (Phi) is 5.32. The molecule has 2 saturated carbocycles. The molecule has 2 heterocycles. The van der Waals surface area contributed by atoms with Gasteiger partial charge < -0.3 is 15.2 Å². The van der Waals surface area contributed by atoms with Gasteiger partial charge in [-0.2, -0.15) is 0 Å². The molecule has 1 amide bonds. The van der Waals surface area contributed by atoms with Gasteiger partial charge in [0.15, 0.2) is 0 Å². The molecule has 4 aliphatic rings. The Morgan fingerprint density at radius 1 is 1.08 bits per heavy atom. The number of aromatic hydroxyl groups is 1. The summed E-state index contributed by atoms with van der Waals surface area (Å²) in [5.41, 5.74) is 0.957. The van der Waals surface area contributed by atoms with Crippen LogP contribution in [0.25, 0.3) is 0 Å². The van der Waals surface area contributed by atoms with E-state index in [-0.39, 0.29) is 39.3 Å². The second kappa shape index (κ2) is 7.96. The van der Waals surface area contributed by atoms with Crippen LogP contribution in [0.1, 0.15) is 74.9 Å². The molecule has 0 radical (unpaired) electrons. The van der Waals surface area contributed by atoms with Crippen LogP contribution in [0.15, 0.2) is 41.3 Å². The third-order valence-corrected chi connectivity index (χ3v) is 11.9. The Balaban J connectivity index is 1.42. The van der Waals surface area contributed by atoms with Crippen LogP contribution in [0.2, 0.25) is 0 Å². The van der Waals surface area contributed by atoms with Gasteiger partial charge in [0.05, 0.1) is 10.5 Å². The Morgan fingerprint density at radius 2 is 1.81 bits per heavy atom. The quantitative estimate of drug-likeness (QED) is 0.547. The van der Waals surface area contributed by atoms with Crippen LogP contribution in [-0.2, 0) is 23.0 Å². The SMILES string of the molecule is C[C@H]1CC[C@H]2C(C)(C)[C@@H](NS(=O)(=O)c3ccccc3)CC[C@]23Oc2c(c(O)cc4c2CNC4=O)C[C@]13C. The molecule has 0 saturated heterocycles. The summed E-state index contributed by atoms with van der Waals surface area (Å²) in [5, 5.41) is 13.8. The van der Waals surface area contributed by atoms with E-state index in [1.807, 2.05) is 6.07 Å². The minimum absolute atomic E-state index is 0.0923. The molecule has 1 spiro atoms. The van der Waals surface area contributed by atoms with Crippen LogP contribution >= 0.6 is 0 Å². The Morgan fingerprint density at radius 3 is 2.54 bits per heavy atom. The van der Waals surface area contributed by atoms with Crippen LogP contribution < -0.4 is 14.8 Å². The number of rotatable bonds is 3. The molecule has 2 aliphatic carbocycles. The molecule has 2 aromatic carbocycles. The molecule has 0 unspecified atom stereocenters. The predicted molar refractivity (Wildman–Crippen MR) is 140 cm³/mol. The van der Waals surface area contributed by atoms with Crippen LogP contribution in [0.5, 0.6) is 11.5 Å². The number of fused-ring (bicyclic) bond motifs is 3. The average Bonchev–Trinajstić information content (AvgIpc) is 3.22. The maximum Gasteiger partial charge on any atom is 0.252 e. The summed E-state index contributed by atoms with van der Waals surface area (Å²) in [6, 6.07) is 9.90. The maximum absolute atomic E-state index is 13.3. The summed E-state index contributed by atoms with van der Waals surface area (Å²) < 4.78 is 36.8. The maximum atomic E-state index is 13.3. The lowest BCUT2D eigenvalue weighted by atomic mass is 9.43. The van der Waals surface area contributed by atoms with Gasteiger partial charge in [-0.15, -0.1) is 0 Å². The first-order valence-corrected chi connectivity index (χ1v) is 14.8. The molecule has 7 nitrogen and oxygen atoms in total. The van der Waals surface area contributed by atoms with Crippen LogP contribution in [0.4, 0.5) is 0 Å². The van der Waals surface area contributed by atoms with Gasteiger partial charge in [0.1, 0.15) is 17.1 Å². The minimum Gasteiger partial charge on any atom is -0.508 e. The van der Waals surface area contributed by atoms with E-state index in [4.69, 9.17) is 4.74 Å². The van der Waals surface area contributed by atoms with Crippen molar-refractivity contribution in [3.8, 4) is 11.5 Å². The van der Waals surface area contributed by atoms with E-state index in [0.717, 1.165) is 24.0 Å². The zero-order valence-electron chi connectivity index (χ0n) is 21.9. The molecule has 198 valence electrons. The number of phenols is 1. The second-order valence-electron chi connectivity index (χ2n) is 12.4. The van der Waals surface area contributed by atoms with Crippen molar-refractivity contribution >= 4 is 15.9 Å². The van der Waals surface area contributed by atoms with Crippen LogP contribution in [0.3, 0.4) is 0 Å². The number of carbonyl (C=O) groups excluding carboxylic acids is 1. The molecule has 3 N–H and O–H groups in total. The van der Waals surface area contributed by atoms with Crippen molar-refractivity contribution in [2.75, 3.05) is 0 Å². The van der Waals surface area contributed by atoms with Gasteiger partial charge in [0.25, 0.3) is 5.91 Å². The first-order chi connectivity index (χ1) is 17.4. The lowest BCUT2D eigenvalue weighted by Gasteiger charge is -2.67. The smallest absolute Gasteiger partial charge is 0.252 e. The fraction of sp³-hybridized carbons (Fsp3) is 0.552. The molecule has 37 heavy (non-hydrogen) atoms. The zero-order valence-corrected chi connectivity index (χ0v) is 22.7. The number of carbonyl (C=O) groups is 1. The highest BCUT2D eigenvalue weighted by molar-refractivity contribution is 7.89. The van der Waals surface area contributed by atoms with E-state index < -0.39 is 15.6 Å². The topological polar surface area (TPSA) is 105 Å². The molecule has 5 atom stereocenters. The summed E-state index contributed by atoms with van der Waals surface area (Å²) in [4.78, 5) is 12.7. The number of hydrogen-bond donors (Lipinski definition) is 3. The van der Waals surface area contributed by atoms with Gasteiger partial charge in [-0.3, -0.25) is 4.79 Å². The Bertz CT molecular complexity index is 1390. The molecular weight excluding hydrogens is 488 g/mol. The Labute approximate surface area is 219 Å². The molecule has 6 rings (SSSR count). The molecule has 8 heteroatoms. The average molecular weight is 525 g/mol. The lowest BCUT2D eigenvalue weighted by Crippen LogP contribution is -2.71. The second-order valence-corrected chi connectivity index (χ2v) is 14.1. The van der Waals surface area contributed by atoms with Crippen LogP contribution in [0, 0.1) is 22.7 Å². The predicted octanol–water partition coefficient (Wildman–Crippen LogP) is 4.53. The van der Waals surface area contributed by atoms with E-state index >= 15 is 0 Å². The summed E-state index contributed by atoms with van der Waals surface area (Å²) in [6.07, 6.45) is 3.96. The van der Waals surface area contributed by atoms with Crippen molar-refractivity contribution in [3.63, 3.8) is 0 Å². The van der Waals surface area contributed by atoms with E-state index in [2.05, 4.69) is 37.7 Å². The highest BCUT2D eigenvalue weighted by atomic mass is 32.2. The van der Waals surface area contributed by atoms with Crippen molar-refractivity contribution in [1.82, 2.24) is 10.0 Å².